The van der Waals surface area contributed by atoms with E-state index in [0.717, 1.165) is 37.9 Å². The summed E-state index contributed by atoms with van der Waals surface area (Å²) in [6.07, 6.45) is 9.92. The van der Waals surface area contributed by atoms with Gasteiger partial charge in [-0.25, -0.2) is 0 Å². The highest BCUT2D eigenvalue weighted by atomic mass is 16.1. The third-order valence-corrected chi connectivity index (χ3v) is 3.79. The average molecular weight is 275 g/mol. The number of unbranched alkanes of at least 4 members (excludes halogenated alkanes) is 1. The molecule has 2 N–H and O–H groups in total. The van der Waals surface area contributed by atoms with Crippen molar-refractivity contribution in [1.82, 2.24) is 10.3 Å². The zero-order valence-corrected chi connectivity index (χ0v) is 12.3. The van der Waals surface area contributed by atoms with Gasteiger partial charge in [0.05, 0.1) is 0 Å². The highest BCUT2D eigenvalue weighted by Crippen LogP contribution is 2.18. The molecule has 20 heavy (non-hydrogen) atoms. The van der Waals surface area contributed by atoms with E-state index in [2.05, 4.69) is 22.5 Å². The quantitative estimate of drug-likeness (QED) is 0.783. The van der Waals surface area contributed by atoms with Crippen LogP contribution >= 0.6 is 0 Å². The summed E-state index contributed by atoms with van der Waals surface area (Å²) in [5.74, 6) is -0.0453. The monoisotopic (exact) mass is 275 g/mol. The van der Waals surface area contributed by atoms with Crippen LogP contribution in [0.3, 0.4) is 0 Å². The first-order chi connectivity index (χ1) is 9.79. The van der Waals surface area contributed by atoms with Gasteiger partial charge >= 0.3 is 0 Å². The van der Waals surface area contributed by atoms with Gasteiger partial charge in [-0.05, 0) is 31.4 Å². The summed E-state index contributed by atoms with van der Waals surface area (Å²) in [5.41, 5.74) is 1.49. The molecule has 0 radical (unpaired) electrons. The normalized spacial score (nSPS) is 15.8. The Kier molecular flexibility index (Phi) is 5.84. The highest BCUT2D eigenvalue weighted by molar-refractivity contribution is 5.93. The van der Waals surface area contributed by atoms with Crippen molar-refractivity contribution in [3.05, 3.63) is 24.0 Å². The van der Waals surface area contributed by atoms with Crippen LogP contribution in [-0.2, 0) is 0 Å². The van der Waals surface area contributed by atoms with E-state index < -0.39 is 0 Å². The van der Waals surface area contributed by atoms with Gasteiger partial charge in [0, 0.05) is 24.5 Å². The Labute approximate surface area is 121 Å². The van der Waals surface area contributed by atoms with E-state index in [-0.39, 0.29) is 5.91 Å². The van der Waals surface area contributed by atoms with Gasteiger partial charge in [-0.2, -0.15) is 0 Å². The van der Waals surface area contributed by atoms with Crippen LogP contribution in [0.1, 0.15) is 62.4 Å². The van der Waals surface area contributed by atoms with E-state index in [1.807, 2.05) is 12.1 Å². The number of rotatable bonds is 6. The Balaban J connectivity index is 1.89. The number of nitrogens with zero attached hydrogens (tertiary/aromatic N) is 1. The van der Waals surface area contributed by atoms with Crippen molar-refractivity contribution >= 4 is 11.6 Å². The predicted octanol–water partition coefficient (Wildman–Crippen LogP) is 3.36. The van der Waals surface area contributed by atoms with Gasteiger partial charge in [0.1, 0.15) is 5.69 Å². The maximum absolute atomic E-state index is 12.2. The van der Waals surface area contributed by atoms with Crippen molar-refractivity contribution in [2.45, 2.75) is 57.9 Å². The largest absolute Gasteiger partial charge is 0.385 e. The maximum Gasteiger partial charge on any atom is 0.270 e. The molecule has 4 heteroatoms. The van der Waals surface area contributed by atoms with Gasteiger partial charge in [0.15, 0.2) is 0 Å². The average Bonchev–Trinajstić information content (AvgIpc) is 2.49. The summed E-state index contributed by atoms with van der Waals surface area (Å²) in [5, 5.41) is 6.42. The second kappa shape index (κ2) is 7.88. The molecule has 1 amide bonds. The van der Waals surface area contributed by atoms with Gasteiger partial charge in [-0.1, -0.05) is 32.6 Å². The maximum atomic E-state index is 12.2. The Bertz CT molecular complexity index is 427. The Hall–Kier alpha value is -1.58. The molecule has 0 atom stereocenters. The first-order valence-corrected chi connectivity index (χ1v) is 7.80. The van der Waals surface area contributed by atoms with Crippen LogP contribution in [0.25, 0.3) is 0 Å². The molecule has 0 aliphatic heterocycles. The molecule has 1 aromatic rings. The number of carbonyl (C=O) groups is 1. The van der Waals surface area contributed by atoms with Gasteiger partial charge < -0.3 is 10.6 Å². The molecule has 1 saturated carbocycles. The van der Waals surface area contributed by atoms with Gasteiger partial charge in [0.25, 0.3) is 5.91 Å². The first-order valence-electron chi connectivity index (χ1n) is 7.80. The minimum absolute atomic E-state index is 0.0453. The van der Waals surface area contributed by atoms with Crippen molar-refractivity contribution in [1.29, 1.82) is 0 Å². The van der Waals surface area contributed by atoms with E-state index in [1.54, 1.807) is 6.20 Å². The standard InChI is InChI=1S/C16H25N3O/c1-2-3-10-17-14-9-11-18-15(12-14)16(20)19-13-7-5-4-6-8-13/h9,11-13H,2-8,10H2,1H3,(H,17,18)(H,19,20). The van der Waals surface area contributed by atoms with Crippen LogP contribution in [0.5, 0.6) is 0 Å². The summed E-state index contributed by atoms with van der Waals surface area (Å²) in [6, 6.07) is 4.08. The van der Waals surface area contributed by atoms with Crippen molar-refractivity contribution < 1.29 is 4.79 Å². The predicted molar refractivity (Wildman–Crippen MR) is 82.0 cm³/mol. The van der Waals surface area contributed by atoms with Crippen LogP contribution in [0.2, 0.25) is 0 Å². The third-order valence-electron chi connectivity index (χ3n) is 3.79. The summed E-state index contributed by atoms with van der Waals surface area (Å²) in [6.45, 7) is 3.10. The third kappa shape index (κ3) is 4.51. The lowest BCUT2D eigenvalue weighted by atomic mass is 9.95. The Morgan fingerprint density at radius 3 is 2.90 bits per heavy atom. The SMILES string of the molecule is CCCCNc1ccnc(C(=O)NC2CCCCC2)c1. The number of carbonyl (C=O) groups excluding carboxylic acids is 1. The van der Waals surface area contributed by atoms with Crippen LogP contribution in [0.15, 0.2) is 18.3 Å². The summed E-state index contributed by atoms with van der Waals surface area (Å²) in [7, 11) is 0. The summed E-state index contributed by atoms with van der Waals surface area (Å²) >= 11 is 0. The number of hydrogen-bond acceptors (Lipinski definition) is 3. The second-order valence-corrected chi connectivity index (χ2v) is 5.52. The summed E-state index contributed by atoms with van der Waals surface area (Å²) in [4.78, 5) is 16.4. The fraction of sp³-hybridized carbons (Fsp3) is 0.625. The minimum atomic E-state index is -0.0453. The first kappa shape index (κ1) is 14.8. The van der Waals surface area contributed by atoms with Crippen molar-refractivity contribution in [2.75, 3.05) is 11.9 Å². The van der Waals surface area contributed by atoms with E-state index in [4.69, 9.17) is 0 Å². The highest BCUT2D eigenvalue weighted by Gasteiger charge is 2.17. The zero-order valence-electron chi connectivity index (χ0n) is 12.3. The number of nitrogens with one attached hydrogen (secondary N) is 2. The van der Waals surface area contributed by atoms with Crippen LogP contribution in [0.4, 0.5) is 5.69 Å². The molecule has 1 aromatic heterocycles. The van der Waals surface area contributed by atoms with Gasteiger partial charge in [0.2, 0.25) is 0 Å². The number of hydrogen-bond donors (Lipinski definition) is 2. The molecule has 0 unspecified atom stereocenters. The molecule has 110 valence electrons. The lowest BCUT2D eigenvalue weighted by Gasteiger charge is -2.22. The molecule has 2 rings (SSSR count). The van der Waals surface area contributed by atoms with Crippen molar-refractivity contribution in [3.63, 3.8) is 0 Å². The smallest absolute Gasteiger partial charge is 0.270 e. The molecular weight excluding hydrogens is 250 g/mol. The molecule has 0 spiro atoms. The fourth-order valence-corrected chi connectivity index (χ4v) is 2.58. The number of pyridine rings is 1. The molecule has 0 saturated heterocycles. The number of amides is 1. The van der Waals surface area contributed by atoms with E-state index in [1.165, 1.54) is 19.3 Å². The molecule has 1 fully saturated rings. The molecule has 4 nitrogen and oxygen atoms in total. The van der Waals surface area contributed by atoms with Crippen LogP contribution in [0, 0.1) is 0 Å². The summed E-state index contributed by atoms with van der Waals surface area (Å²) < 4.78 is 0. The van der Waals surface area contributed by atoms with Crippen molar-refractivity contribution in [2.24, 2.45) is 0 Å². The second-order valence-electron chi connectivity index (χ2n) is 5.52. The topological polar surface area (TPSA) is 54.0 Å². The van der Waals surface area contributed by atoms with Gasteiger partial charge in [-0.15, -0.1) is 0 Å². The van der Waals surface area contributed by atoms with Crippen LogP contribution < -0.4 is 10.6 Å². The molecular formula is C16H25N3O. The molecule has 1 heterocycles. The van der Waals surface area contributed by atoms with E-state index >= 15 is 0 Å². The molecule has 1 aliphatic carbocycles. The Morgan fingerprint density at radius 1 is 1.35 bits per heavy atom. The van der Waals surface area contributed by atoms with E-state index in [0.29, 0.717) is 11.7 Å². The fourth-order valence-electron chi connectivity index (χ4n) is 2.58. The molecule has 0 aromatic carbocycles. The van der Waals surface area contributed by atoms with Gasteiger partial charge in [-0.3, -0.25) is 9.78 Å². The lowest BCUT2D eigenvalue weighted by Crippen LogP contribution is -2.36. The Morgan fingerprint density at radius 2 is 2.15 bits per heavy atom. The number of anilines is 1. The minimum Gasteiger partial charge on any atom is -0.385 e. The van der Waals surface area contributed by atoms with Crippen LogP contribution in [-0.4, -0.2) is 23.5 Å². The molecule has 1 aliphatic rings. The van der Waals surface area contributed by atoms with Crippen molar-refractivity contribution in [3.8, 4) is 0 Å². The lowest BCUT2D eigenvalue weighted by molar-refractivity contribution is 0.0922. The zero-order chi connectivity index (χ0) is 14.2. The van der Waals surface area contributed by atoms with E-state index in [9.17, 15) is 4.79 Å². The molecule has 0 bridgehead atoms. The number of aromatic nitrogens is 1.